The third kappa shape index (κ3) is 4.28. The van der Waals surface area contributed by atoms with E-state index in [1.54, 1.807) is 0 Å². The molecule has 0 aliphatic rings. The van der Waals surface area contributed by atoms with E-state index >= 15 is 0 Å². The Morgan fingerprint density at radius 1 is 1.33 bits per heavy atom. The molecule has 0 aromatic heterocycles. The van der Waals surface area contributed by atoms with Gasteiger partial charge in [-0.1, -0.05) is 42.5 Å². The van der Waals surface area contributed by atoms with Crippen molar-refractivity contribution in [2.45, 2.75) is 13.0 Å². The highest BCUT2D eigenvalue weighted by molar-refractivity contribution is 5.48. The minimum Gasteiger partial charge on any atom is -0.329 e. The summed E-state index contributed by atoms with van der Waals surface area (Å²) in [4.78, 5) is 2.24. The van der Waals surface area contributed by atoms with Crippen LogP contribution in [0.25, 0.3) is 6.08 Å². The Morgan fingerprint density at radius 3 is 2.60 bits per heavy atom. The molecule has 0 saturated heterocycles. The Kier molecular flexibility index (Phi) is 5.08. The lowest BCUT2D eigenvalue weighted by Gasteiger charge is -2.21. The number of nitrogens with zero attached hydrogens (tertiary/aromatic N) is 1. The van der Waals surface area contributed by atoms with E-state index in [2.05, 4.69) is 43.2 Å². The van der Waals surface area contributed by atoms with Crippen LogP contribution in [0, 0.1) is 0 Å². The van der Waals surface area contributed by atoms with Gasteiger partial charge in [0, 0.05) is 19.1 Å². The summed E-state index contributed by atoms with van der Waals surface area (Å²) in [7, 11) is 2.09. The van der Waals surface area contributed by atoms with Crippen molar-refractivity contribution < 1.29 is 0 Å². The molecule has 15 heavy (non-hydrogen) atoms. The molecule has 0 fully saturated rings. The molecule has 1 aromatic carbocycles. The van der Waals surface area contributed by atoms with Gasteiger partial charge >= 0.3 is 0 Å². The number of benzene rings is 1. The topological polar surface area (TPSA) is 29.3 Å². The van der Waals surface area contributed by atoms with Crippen LogP contribution in [0.4, 0.5) is 0 Å². The first-order chi connectivity index (χ1) is 7.24. The van der Waals surface area contributed by atoms with Crippen LogP contribution in [-0.2, 0) is 0 Å². The van der Waals surface area contributed by atoms with E-state index in [9.17, 15) is 0 Å². The minimum atomic E-state index is 0.436. The molecule has 2 N–H and O–H groups in total. The van der Waals surface area contributed by atoms with E-state index in [1.165, 1.54) is 5.56 Å². The molecule has 1 aromatic rings. The van der Waals surface area contributed by atoms with Gasteiger partial charge < -0.3 is 5.73 Å². The second-order valence-corrected chi connectivity index (χ2v) is 3.84. The van der Waals surface area contributed by atoms with E-state index in [1.807, 2.05) is 18.2 Å². The maximum atomic E-state index is 5.59. The molecule has 2 heteroatoms. The molecule has 1 rings (SSSR count). The van der Waals surface area contributed by atoms with Gasteiger partial charge in [0.2, 0.25) is 0 Å². The van der Waals surface area contributed by atoms with Crippen molar-refractivity contribution in [1.82, 2.24) is 4.90 Å². The smallest absolute Gasteiger partial charge is 0.0190 e. The summed E-state index contributed by atoms with van der Waals surface area (Å²) in [6.07, 6.45) is 4.31. The van der Waals surface area contributed by atoms with Crippen LogP contribution in [0.2, 0.25) is 0 Å². The molecule has 0 bridgehead atoms. The lowest BCUT2D eigenvalue weighted by Crippen LogP contribution is -2.35. The van der Waals surface area contributed by atoms with Gasteiger partial charge in [-0.2, -0.15) is 0 Å². The number of hydrogen-bond acceptors (Lipinski definition) is 2. The molecule has 0 heterocycles. The molecule has 0 aliphatic carbocycles. The van der Waals surface area contributed by atoms with Gasteiger partial charge in [0.1, 0.15) is 0 Å². The molecule has 1 unspecified atom stereocenters. The maximum absolute atomic E-state index is 5.59. The molecular weight excluding hydrogens is 184 g/mol. The van der Waals surface area contributed by atoms with Crippen molar-refractivity contribution in [3.8, 4) is 0 Å². The fourth-order valence-corrected chi connectivity index (χ4v) is 1.28. The Hall–Kier alpha value is -1.12. The predicted molar refractivity (Wildman–Crippen MR) is 66.6 cm³/mol. The molecule has 0 saturated carbocycles. The molecular formula is C13H20N2. The van der Waals surface area contributed by atoms with Crippen molar-refractivity contribution in [1.29, 1.82) is 0 Å². The van der Waals surface area contributed by atoms with Gasteiger partial charge in [0.15, 0.2) is 0 Å². The van der Waals surface area contributed by atoms with Crippen molar-refractivity contribution in [2.75, 3.05) is 20.1 Å². The van der Waals surface area contributed by atoms with Crippen LogP contribution in [-0.4, -0.2) is 31.1 Å². The molecule has 0 radical (unpaired) electrons. The van der Waals surface area contributed by atoms with Crippen LogP contribution >= 0.6 is 0 Å². The van der Waals surface area contributed by atoms with Crippen molar-refractivity contribution in [3.63, 3.8) is 0 Å². The molecule has 0 amide bonds. The van der Waals surface area contributed by atoms with Gasteiger partial charge in [0.25, 0.3) is 0 Å². The summed E-state index contributed by atoms with van der Waals surface area (Å²) in [5.74, 6) is 0. The molecule has 0 aliphatic heterocycles. The molecule has 2 nitrogen and oxygen atoms in total. The summed E-state index contributed by atoms with van der Waals surface area (Å²) < 4.78 is 0. The first-order valence-electron chi connectivity index (χ1n) is 5.36. The Balaban J connectivity index is 2.40. The predicted octanol–water partition coefficient (Wildman–Crippen LogP) is 1.98. The average molecular weight is 204 g/mol. The number of rotatable bonds is 5. The summed E-state index contributed by atoms with van der Waals surface area (Å²) in [5, 5.41) is 0. The number of hydrogen-bond donors (Lipinski definition) is 1. The summed E-state index contributed by atoms with van der Waals surface area (Å²) in [5.41, 5.74) is 6.83. The van der Waals surface area contributed by atoms with E-state index in [0.717, 1.165) is 6.54 Å². The Morgan fingerprint density at radius 2 is 2.00 bits per heavy atom. The SMILES string of the molecule is CC(CN)N(C)C/C=C/c1ccccc1. The number of likely N-dealkylation sites (N-methyl/N-ethyl adjacent to an activating group) is 1. The molecule has 82 valence electrons. The normalized spacial score (nSPS) is 13.6. The van der Waals surface area contributed by atoms with E-state index in [0.29, 0.717) is 12.6 Å². The van der Waals surface area contributed by atoms with Gasteiger partial charge in [-0.3, -0.25) is 4.90 Å². The summed E-state index contributed by atoms with van der Waals surface area (Å²) >= 11 is 0. The zero-order valence-electron chi connectivity index (χ0n) is 9.56. The lowest BCUT2D eigenvalue weighted by atomic mass is 10.2. The minimum absolute atomic E-state index is 0.436. The largest absolute Gasteiger partial charge is 0.329 e. The van der Waals surface area contributed by atoms with Crippen LogP contribution in [0.3, 0.4) is 0 Å². The van der Waals surface area contributed by atoms with Crippen molar-refractivity contribution in [3.05, 3.63) is 42.0 Å². The van der Waals surface area contributed by atoms with Crippen LogP contribution in [0.5, 0.6) is 0 Å². The summed E-state index contributed by atoms with van der Waals surface area (Å²) in [6.45, 7) is 3.78. The van der Waals surface area contributed by atoms with Crippen LogP contribution in [0.1, 0.15) is 12.5 Å². The zero-order valence-corrected chi connectivity index (χ0v) is 9.56. The second-order valence-electron chi connectivity index (χ2n) is 3.84. The van der Waals surface area contributed by atoms with E-state index in [-0.39, 0.29) is 0 Å². The first kappa shape index (κ1) is 12.0. The lowest BCUT2D eigenvalue weighted by molar-refractivity contribution is 0.290. The van der Waals surface area contributed by atoms with Gasteiger partial charge in [0.05, 0.1) is 0 Å². The molecule has 0 spiro atoms. The third-order valence-electron chi connectivity index (χ3n) is 2.60. The average Bonchev–Trinajstić information content (AvgIpc) is 2.29. The number of nitrogens with two attached hydrogens (primary N) is 1. The fraction of sp³-hybridized carbons (Fsp3) is 0.385. The Bertz CT molecular complexity index is 293. The fourth-order valence-electron chi connectivity index (χ4n) is 1.28. The highest BCUT2D eigenvalue weighted by Gasteiger charge is 2.03. The highest BCUT2D eigenvalue weighted by Crippen LogP contribution is 2.01. The summed E-state index contributed by atoms with van der Waals surface area (Å²) in [6, 6.07) is 10.8. The van der Waals surface area contributed by atoms with E-state index < -0.39 is 0 Å². The monoisotopic (exact) mass is 204 g/mol. The van der Waals surface area contributed by atoms with E-state index in [4.69, 9.17) is 5.73 Å². The maximum Gasteiger partial charge on any atom is 0.0190 e. The standard InChI is InChI=1S/C13H20N2/c1-12(11-14)15(2)10-6-9-13-7-4-3-5-8-13/h3-9,12H,10-11,14H2,1-2H3/b9-6+. The van der Waals surface area contributed by atoms with Crippen LogP contribution in [0.15, 0.2) is 36.4 Å². The van der Waals surface area contributed by atoms with Crippen molar-refractivity contribution >= 4 is 6.08 Å². The van der Waals surface area contributed by atoms with Crippen molar-refractivity contribution in [2.24, 2.45) is 5.73 Å². The second kappa shape index (κ2) is 6.38. The highest BCUT2D eigenvalue weighted by atomic mass is 15.1. The quantitative estimate of drug-likeness (QED) is 0.794. The van der Waals surface area contributed by atoms with Crippen LogP contribution < -0.4 is 5.73 Å². The van der Waals surface area contributed by atoms with Gasteiger partial charge in [-0.25, -0.2) is 0 Å². The zero-order chi connectivity index (χ0) is 11.1. The first-order valence-corrected chi connectivity index (χ1v) is 5.36. The molecule has 1 atom stereocenters. The Labute approximate surface area is 92.4 Å². The van der Waals surface area contributed by atoms with Gasteiger partial charge in [-0.15, -0.1) is 0 Å². The third-order valence-corrected chi connectivity index (χ3v) is 2.60. The van der Waals surface area contributed by atoms with Gasteiger partial charge in [-0.05, 0) is 19.5 Å².